The van der Waals surface area contributed by atoms with E-state index in [1.165, 1.54) is 31.0 Å². The number of carbonyl (C=O) groups is 1. The summed E-state index contributed by atoms with van der Waals surface area (Å²) in [6.07, 6.45) is 4.65. The third-order valence-electron chi connectivity index (χ3n) is 4.80. The van der Waals surface area contributed by atoms with Crippen LogP contribution in [0.25, 0.3) is 0 Å². The Balaban J connectivity index is 1.76. The van der Waals surface area contributed by atoms with Gasteiger partial charge in [-0.1, -0.05) is 18.5 Å². The highest BCUT2D eigenvalue weighted by Crippen LogP contribution is 2.37. The Morgan fingerprint density at radius 3 is 2.63 bits per heavy atom. The zero-order chi connectivity index (χ0) is 19.4. The minimum Gasteiger partial charge on any atom is -0.322 e. The third-order valence-corrected chi connectivity index (χ3v) is 6.48. The van der Waals surface area contributed by atoms with E-state index in [1.807, 2.05) is 0 Å². The van der Waals surface area contributed by atoms with E-state index in [4.69, 9.17) is 11.6 Å². The summed E-state index contributed by atoms with van der Waals surface area (Å²) in [5.41, 5.74) is 1.47. The van der Waals surface area contributed by atoms with Gasteiger partial charge in [0.15, 0.2) is 0 Å². The topological polar surface area (TPSA) is 52.9 Å². The second kappa shape index (κ2) is 8.77. The number of halogens is 2. The number of hydrogen-bond donors (Lipinski definition) is 1. The lowest BCUT2D eigenvalue weighted by Crippen LogP contribution is -2.15. The molecule has 0 unspecified atom stereocenters. The van der Waals surface area contributed by atoms with Gasteiger partial charge < -0.3 is 5.32 Å². The van der Waals surface area contributed by atoms with Gasteiger partial charge in [0.1, 0.15) is 11.9 Å². The van der Waals surface area contributed by atoms with Gasteiger partial charge in [-0.15, -0.1) is 11.8 Å². The first-order valence-corrected chi connectivity index (χ1v) is 10.2. The van der Waals surface area contributed by atoms with E-state index in [0.29, 0.717) is 22.1 Å². The number of rotatable bonds is 4. The number of nitrogens with one attached hydrogen (secondary N) is 1. The summed E-state index contributed by atoms with van der Waals surface area (Å²) < 4.78 is 13.3. The van der Waals surface area contributed by atoms with E-state index in [1.54, 1.807) is 30.0 Å². The zero-order valence-electron chi connectivity index (χ0n) is 15.0. The Morgan fingerprint density at radius 1 is 1.22 bits per heavy atom. The van der Waals surface area contributed by atoms with Gasteiger partial charge in [-0.25, -0.2) is 4.39 Å². The Labute approximate surface area is 167 Å². The predicted octanol–water partition coefficient (Wildman–Crippen LogP) is 6.27. The highest BCUT2D eigenvalue weighted by atomic mass is 35.5. The molecule has 2 aromatic carbocycles. The first-order valence-electron chi connectivity index (χ1n) is 8.93. The average molecular weight is 403 g/mol. The molecule has 3 nitrogen and oxygen atoms in total. The number of nitriles is 1. The van der Waals surface area contributed by atoms with Crippen LogP contribution in [0.1, 0.15) is 48.5 Å². The van der Waals surface area contributed by atoms with Gasteiger partial charge in [0.05, 0.1) is 10.6 Å². The lowest BCUT2D eigenvalue weighted by molar-refractivity contribution is 0.102. The predicted molar refractivity (Wildman–Crippen MR) is 108 cm³/mol. The molecule has 3 rings (SSSR count). The fourth-order valence-electron chi connectivity index (χ4n) is 3.16. The fraction of sp³-hybridized carbons (Fsp3) is 0.333. The Hall–Kier alpha value is -2.03. The lowest BCUT2D eigenvalue weighted by atomic mass is 9.91. The van der Waals surface area contributed by atoms with Crippen LogP contribution in [0.3, 0.4) is 0 Å². The molecule has 1 amide bonds. The number of hydrogen-bond acceptors (Lipinski definition) is 3. The van der Waals surface area contributed by atoms with Crippen molar-refractivity contribution in [3.05, 3.63) is 58.4 Å². The highest BCUT2D eigenvalue weighted by molar-refractivity contribution is 8.00. The maximum Gasteiger partial charge on any atom is 0.255 e. The van der Waals surface area contributed by atoms with Crippen molar-refractivity contribution in [2.45, 2.75) is 42.8 Å². The number of nitrogens with zero attached hydrogens (tertiary/aromatic N) is 1. The number of benzene rings is 2. The van der Waals surface area contributed by atoms with Crippen molar-refractivity contribution >= 4 is 35.0 Å². The van der Waals surface area contributed by atoms with Gasteiger partial charge in [0, 0.05) is 21.4 Å². The Bertz CT molecular complexity index is 888. The molecule has 27 heavy (non-hydrogen) atoms. The molecule has 0 aliphatic heterocycles. The number of carbonyl (C=O) groups excluding carboxylic acids is 1. The third kappa shape index (κ3) is 5.03. The largest absolute Gasteiger partial charge is 0.322 e. The second-order valence-electron chi connectivity index (χ2n) is 6.91. The smallest absolute Gasteiger partial charge is 0.255 e. The van der Waals surface area contributed by atoms with Crippen molar-refractivity contribution in [3.63, 3.8) is 0 Å². The van der Waals surface area contributed by atoms with Crippen molar-refractivity contribution in [2.24, 2.45) is 5.92 Å². The van der Waals surface area contributed by atoms with E-state index in [9.17, 15) is 14.4 Å². The zero-order valence-corrected chi connectivity index (χ0v) is 16.5. The quantitative estimate of drug-likeness (QED) is 0.655. The minimum atomic E-state index is -0.534. The fourth-order valence-corrected chi connectivity index (χ4v) is 4.64. The molecule has 2 aromatic rings. The molecule has 140 valence electrons. The second-order valence-corrected chi connectivity index (χ2v) is 8.65. The van der Waals surface area contributed by atoms with Crippen LogP contribution in [0, 0.1) is 23.1 Å². The van der Waals surface area contributed by atoms with Crippen molar-refractivity contribution < 1.29 is 9.18 Å². The number of thioether (sulfide) groups is 1. The molecule has 1 saturated carbocycles. The van der Waals surface area contributed by atoms with E-state index < -0.39 is 5.82 Å². The van der Waals surface area contributed by atoms with Gasteiger partial charge in [0.2, 0.25) is 0 Å². The first kappa shape index (κ1) is 19.7. The van der Waals surface area contributed by atoms with Gasteiger partial charge in [-0.05, 0) is 68.0 Å². The van der Waals surface area contributed by atoms with Gasteiger partial charge in [-0.3, -0.25) is 4.79 Å². The molecule has 0 aromatic heterocycles. The average Bonchev–Trinajstić information content (AvgIpc) is 2.66. The maximum atomic E-state index is 13.3. The summed E-state index contributed by atoms with van der Waals surface area (Å²) >= 11 is 7.45. The number of anilines is 1. The minimum absolute atomic E-state index is 0.0459. The van der Waals surface area contributed by atoms with Crippen LogP contribution in [0.4, 0.5) is 10.1 Å². The van der Waals surface area contributed by atoms with Crippen molar-refractivity contribution in [1.29, 1.82) is 5.26 Å². The van der Waals surface area contributed by atoms with Crippen LogP contribution in [-0.2, 0) is 0 Å². The molecule has 0 heterocycles. The molecule has 1 aliphatic rings. The van der Waals surface area contributed by atoms with Crippen LogP contribution in [0.2, 0.25) is 5.02 Å². The molecule has 0 saturated heterocycles. The molecule has 0 atom stereocenters. The molecular formula is C21H20ClFN2OS. The van der Waals surface area contributed by atoms with Crippen molar-refractivity contribution in [1.82, 2.24) is 0 Å². The molecule has 1 N–H and O–H groups in total. The summed E-state index contributed by atoms with van der Waals surface area (Å²) in [6.45, 7) is 2.27. The molecule has 1 fully saturated rings. The molecule has 6 heteroatoms. The van der Waals surface area contributed by atoms with Crippen molar-refractivity contribution in [3.8, 4) is 6.07 Å². The monoisotopic (exact) mass is 402 g/mol. The van der Waals surface area contributed by atoms with E-state index >= 15 is 0 Å². The first-order chi connectivity index (χ1) is 13.0. The van der Waals surface area contributed by atoms with Crippen LogP contribution in [-0.4, -0.2) is 11.2 Å². The van der Waals surface area contributed by atoms with Gasteiger partial charge >= 0.3 is 0 Å². The molecular weight excluding hydrogens is 383 g/mol. The Kier molecular flexibility index (Phi) is 6.41. The van der Waals surface area contributed by atoms with Crippen molar-refractivity contribution in [2.75, 3.05) is 5.32 Å². The van der Waals surface area contributed by atoms with E-state index in [-0.39, 0.29) is 10.9 Å². The van der Waals surface area contributed by atoms with Crippen LogP contribution in [0.15, 0.2) is 41.3 Å². The standard InChI is InChI=1S/C21H20ClFN2OS/c1-13-2-7-17(8-3-13)27-20-10-14(4-5-15(20)12-24)21(26)25-16-6-9-19(23)18(22)11-16/h4-6,9-11,13,17H,2-3,7-8H2,1H3,(H,25,26). The molecule has 1 aliphatic carbocycles. The molecule has 0 radical (unpaired) electrons. The summed E-state index contributed by atoms with van der Waals surface area (Å²) in [5, 5.41) is 12.5. The Morgan fingerprint density at radius 2 is 1.96 bits per heavy atom. The van der Waals surface area contributed by atoms with Crippen LogP contribution in [0.5, 0.6) is 0 Å². The maximum absolute atomic E-state index is 13.3. The van der Waals surface area contributed by atoms with Gasteiger partial charge in [0.25, 0.3) is 5.91 Å². The van der Waals surface area contributed by atoms with E-state index in [2.05, 4.69) is 18.3 Å². The normalized spacial score (nSPS) is 19.3. The summed E-state index contributed by atoms with van der Waals surface area (Å²) in [4.78, 5) is 13.4. The molecule has 0 spiro atoms. The summed E-state index contributed by atoms with van der Waals surface area (Å²) in [5.74, 6) is -0.0910. The SMILES string of the molecule is CC1CCC(Sc2cc(C(=O)Nc3ccc(F)c(Cl)c3)ccc2C#N)CC1. The summed E-state index contributed by atoms with van der Waals surface area (Å²) in [6, 6.07) is 11.3. The van der Waals surface area contributed by atoms with Crippen LogP contribution >= 0.6 is 23.4 Å². The summed E-state index contributed by atoms with van der Waals surface area (Å²) in [7, 11) is 0. The lowest BCUT2D eigenvalue weighted by Gasteiger charge is -2.26. The molecule has 0 bridgehead atoms. The highest BCUT2D eigenvalue weighted by Gasteiger charge is 2.21. The van der Waals surface area contributed by atoms with Crippen LogP contribution < -0.4 is 5.32 Å². The number of amides is 1. The van der Waals surface area contributed by atoms with Gasteiger partial charge in [-0.2, -0.15) is 5.26 Å². The van der Waals surface area contributed by atoms with E-state index in [0.717, 1.165) is 23.7 Å².